The van der Waals surface area contributed by atoms with Crippen LogP contribution in [0.2, 0.25) is 0 Å². The van der Waals surface area contributed by atoms with Crippen LogP contribution in [0, 0.1) is 5.92 Å². The number of ether oxygens (including phenoxy) is 1. The fourth-order valence-corrected chi connectivity index (χ4v) is 5.59. The van der Waals surface area contributed by atoms with Gasteiger partial charge < -0.3 is 23.2 Å². The van der Waals surface area contributed by atoms with E-state index in [0.717, 1.165) is 35.3 Å². The SMILES string of the molecule is CCCCCCCCCCCCCOc1cccc(CC(COP(=O)([O-])OCCC[N+](C)(C)CC)CC(=O)CC)c1. The molecular weight excluding hydrogens is 537 g/mol. The maximum absolute atomic E-state index is 12.4. The van der Waals surface area contributed by atoms with Gasteiger partial charge in [0.2, 0.25) is 0 Å². The van der Waals surface area contributed by atoms with Gasteiger partial charge in [0.15, 0.2) is 0 Å². The number of quaternary nitrogens is 1. The van der Waals surface area contributed by atoms with E-state index in [1.807, 2.05) is 31.2 Å². The van der Waals surface area contributed by atoms with Crippen LogP contribution in [0.1, 0.15) is 116 Å². The molecule has 0 radical (unpaired) electrons. The molecule has 8 heteroatoms. The van der Waals surface area contributed by atoms with Crippen LogP contribution in [0.3, 0.4) is 0 Å². The molecule has 1 rings (SSSR count). The fourth-order valence-electron chi connectivity index (χ4n) is 4.77. The number of Topliss-reactive ketones (excluding diaryl/α,β-unsaturated/α-hetero) is 1. The number of phosphoric acid groups is 1. The summed E-state index contributed by atoms with van der Waals surface area (Å²) in [5.74, 6) is 0.636. The molecule has 0 bridgehead atoms. The largest absolute Gasteiger partial charge is 0.756 e. The number of carbonyl (C=O) groups is 1. The first-order valence-electron chi connectivity index (χ1n) is 16.3. The van der Waals surface area contributed by atoms with E-state index in [1.165, 1.54) is 64.2 Å². The Kier molecular flexibility index (Phi) is 20.6. The van der Waals surface area contributed by atoms with E-state index in [-0.39, 0.29) is 31.3 Å². The first-order valence-corrected chi connectivity index (χ1v) is 17.7. The van der Waals surface area contributed by atoms with E-state index in [1.54, 1.807) is 0 Å². The lowest BCUT2D eigenvalue weighted by molar-refractivity contribution is -0.888. The smallest absolute Gasteiger partial charge is 0.267 e. The average Bonchev–Trinajstić information content (AvgIpc) is 2.95. The molecule has 0 saturated carbocycles. The van der Waals surface area contributed by atoms with Crippen molar-refractivity contribution in [3.63, 3.8) is 0 Å². The molecule has 41 heavy (non-hydrogen) atoms. The molecule has 0 saturated heterocycles. The van der Waals surface area contributed by atoms with Crippen molar-refractivity contribution in [2.75, 3.05) is 47.0 Å². The van der Waals surface area contributed by atoms with Crippen LogP contribution < -0.4 is 9.63 Å². The third kappa shape index (κ3) is 20.3. The van der Waals surface area contributed by atoms with E-state index in [9.17, 15) is 14.3 Å². The van der Waals surface area contributed by atoms with Crippen molar-refractivity contribution in [2.24, 2.45) is 5.92 Å². The number of unbranched alkanes of at least 4 members (excludes halogenated alkanes) is 10. The molecule has 7 nitrogen and oxygen atoms in total. The first kappa shape index (κ1) is 37.8. The summed E-state index contributed by atoms with van der Waals surface area (Å²) in [5.41, 5.74) is 1.00. The van der Waals surface area contributed by atoms with Crippen LogP contribution in [-0.4, -0.2) is 57.3 Å². The van der Waals surface area contributed by atoms with Gasteiger partial charge in [-0.1, -0.05) is 90.2 Å². The van der Waals surface area contributed by atoms with Gasteiger partial charge in [0.1, 0.15) is 11.5 Å². The number of rotatable bonds is 27. The van der Waals surface area contributed by atoms with Gasteiger partial charge in [-0.3, -0.25) is 9.36 Å². The van der Waals surface area contributed by atoms with Crippen molar-refractivity contribution in [1.29, 1.82) is 0 Å². The van der Waals surface area contributed by atoms with Crippen molar-refractivity contribution in [3.8, 4) is 5.75 Å². The molecule has 2 atom stereocenters. The summed E-state index contributed by atoms with van der Waals surface area (Å²) >= 11 is 0. The van der Waals surface area contributed by atoms with E-state index < -0.39 is 7.82 Å². The summed E-state index contributed by atoms with van der Waals surface area (Å²) in [6, 6.07) is 7.87. The number of nitrogens with zero attached hydrogens (tertiary/aromatic N) is 1. The third-order valence-corrected chi connectivity index (χ3v) is 8.80. The predicted molar refractivity (Wildman–Crippen MR) is 167 cm³/mol. The Labute approximate surface area is 251 Å². The zero-order valence-electron chi connectivity index (χ0n) is 26.9. The molecular formula is C33H60NO6P. The highest BCUT2D eigenvalue weighted by Crippen LogP contribution is 2.39. The lowest BCUT2D eigenvalue weighted by atomic mass is 9.94. The standard InChI is InChI=1S/C33H60NO6P/c1-6-9-10-11-12-13-14-15-16-17-18-24-38-33-22-19-21-30(28-33)26-31(27-32(35)7-2)29-40-41(36,37)39-25-20-23-34(4,5)8-3/h19,21-22,28,31H,6-18,20,23-27,29H2,1-5H3. The maximum Gasteiger partial charge on any atom is 0.267 e. The molecule has 1 aromatic carbocycles. The van der Waals surface area contributed by atoms with Gasteiger partial charge >= 0.3 is 0 Å². The van der Waals surface area contributed by atoms with Crippen LogP contribution in [0.15, 0.2) is 24.3 Å². The summed E-state index contributed by atoms with van der Waals surface area (Å²) in [5, 5.41) is 0. The Bertz CT molecular complexity index is 862. The second-order valence-corrected chi connectivity index (χ2v) is 13.5. The highest BCUT2D eigenvalue weighted by Gasteiger charge is 2.19. The topological polar surface area (TPSA) is 84.9 Å². The number of ketones is 1. The van der Waals surface area contributed by atoms with E-state index in [0.29, 0.717) is 25.9 Å². The van der Waals surface area contributed by atoms with Gasteiger partial charge in [-0.2, -0.15) is 0 Å². The molecule has 0 amide bonds. The Hall–Kier alpha value is -1.24. The van der Waals surface area contributed by atoms with Crippen molar-refractivity contribution >= 4 is 13.6 Å². The quantitative estimate of drug-likeness (QED) is 0.0582. The average molecular weight is 598 g/mol. The molecule has 0 aliphatic carbocycles. The Balaban J connectivity index is 2.43. The lowest BCUT2D eigenvalue weighted by Crippen LogP contribution is -2.40. The van der Waals surface area contributed by atoms with Gasteiger partial charge in [-0.05, 0) is 43.4 Å². The van der Waals surface area contributed by atoms with Crippen LogP contribution in [0.4, 0.5) is 0 Å². The van der Waals surface area contributed by atoms with E-state index in [2.05, 4.69) is 27.9 Å². The third-order valence-electron chi connectivity index (χ3n) is 7.83. The van der Waals surface area contributed by atoms with Crippen molar-refractivity contribution in [3.05, 3.63) is 29.8 Å². The van der Waals surface area contributed by atoms with Gasteiger partial charge in [0, 0.05) is 19.3 Å². The first-order chi connectivity index (χ1) is 19.6. The van der Waals surface area contributed by atoms with Gasteiger partial charge in [0.05, 0.1) is 47.0 Å². The van der Waals surface area contributed by atoms with Crippen LogP contribution >= 0.6 is 7.82 Å². The maximum atomic E-state index is 12.4. The number of carbonyl (C=O) groups excluding carboxylic acids is 1. The number of benzene rings is 1. The van der Waals surface area contributed by atoms with Crippen LogP contribution in [-0.2, 0) is 24.8 Å². The number of hydrogen-bond donors (Lipinski definition) is 0. The molecule has 0 fully saturated rings. The van der Waals surface area contributed by atoms with E-state index >= 15 is 0 Å². The van der Waals surface area contributed by atoms with E-state index in [4.69, 9.17) is 13.8 Å². The molecule has 238 valence electrons. The normalized spacial score (nSPS) is 14.1. The minimum Gasteiger partial charge on any atom is -0.756 e. The van der Waals surface area contributed by atoms with Crippen molar-refractivity contribution in [1.82, 2.24) is 0 Å². The number of phosphoric ester groups is 1. The Morgan fingerprint density at radius 3 is 2.12 bits per heavy atom. The summed E-state index contributed by atoms with van der Waals surface area (Å²) in [4.78, 5) is 24.6. The van der Waals surface area contributed by atoms with Gasteiger partial charge in [-0.25, -0.2) is 0 Å². The lowest BCUT2D eigenvalue weighted by Gasteiger charge is -2.29. The predicted octanol–water partition coefficient (Wildman–Crippen LogP) is 7.89. The minimum absolute atomic E-state index is 0.0765. The minimum atomic E-state index is -4.43. The Morgan fingerprint density at radius 1 is 0.878 bits per heavy atom. The zero-order valence-corrected chi connectivity index (χ0v) is 27.8. The summed E-state index contributed by atoms with van der Waals surface area (Å²) in [6.45, 7) is 8.67. The summed E-state index contributed by atoms with van der Waals surface area (Å²) < 4.78 is 29.5. The molecule has 0 heterocycles. The summed E-state index contributed by atoms with van der Waals surface area (Å²) in [7, 11) is -0.236. The van der Waals surface area contributed by atoms with Crippen molar-refractivity contribution < 1.29 is 32.5 Å². The van der Waals surface area contributed by atoms with Gasteiger partial charge in [0.25, 0.3) is 7.82 Å². The molecule has 0 aromatic heterocycles. The molecule has 0 aliphatic heterocycles. The van der Waals surface area contributed by atoms with Crippen molar-refractivity contribution in [2.45, 2.75) is 117 Å². The fraction of sp³-hybridized carbons (Fsp3) is 0.788. The molecule has 0 N–H and O–H groups in total. The summed E-state index contributed by atoms with van der Waals surface area (Å²) in [6.07, 6.45) is 16.1. The molecule has 0 spiro atoms. The van der Waals surface area contributed by atoms with Crippen LogP contribution in [0.5, 0.6) is 5.75 Å². The monoisotopic (exact) mass is 597 g/mol. The highest BCUT2D eigenvalue weighted by molar-refractivity contribution is 7.45. The molecule has 0 aliphatic rings. The second-order valence-electron chi connectivity index (χ2n) is 12.1. The second kappa shape index (κ2) is 22.3. The Morgan fingerprint density at radius 2 is 1.51 bits per heavy atom. The van der Waals surface area contributed by atoms with Crippen LogP contribution in [0.25, 0.3) is 0 Å². The zero-order chi connectivity index (χ0) is 30.4. The molecule has 2 unspecified atom stereocenters. The highest BCUT2D eigenvalue weighted by atomic mass is 31.2. The number of hydrogen-bond acceptors (Lipinski definition) is 6. The molecule has 1 aromatic rings. The van der Waals surface area contributed by atoms with Gasteiger partial charge in [-0.15, -0.1) is 0 Å².